The quantitative estimate of drug-likeness (QED) is 0.379. The molecule has 202 valence electrons. The van der Waals surface area contributed by atoms with Gasteiger partial charge in [-0.25, -0.2) is 4.98 Å². The molecule has 2 fully saturated rings. The molecule has 2 aliphatic heterocycles. The molecule has 0 aliphatic carbocycles. The third-order valence-electron chi connectivity index (χ3n) is 7.20. The molecule has 3 aromatic rings. The second kappa shape index (κ2) is 11.7. The van der Waals surface area contributed by atoms with E-state index in [0.29, 0.717) is 39.1 Å². The van der Waals surface area contributed by atoms with Crippen molar-refractivity contribution >= 4 is 57.7 Å². The third-order valence-corrected chi connectivity index (χ3v) is 8.41. The fourth-order valence-electron chi connectivity index (χ4n) is 5.02. The minimum Gasteiger partial charge on any atom is -0.494 e. The summed E-state index contributed by atoms with van der Waals surface area (Å²) in [5.74, 6) is 0.890. The van der Waals surface area contributed by atoms with E-state index in [9.17, 15) is 4.79 Å². The summed E-state index contributed by atoms with van der Waals surface area (Å²) >= 11 is 7.57. The Morgan fingerprint density at radius 2 is 1.87 bits per heavy atom. The average Bonchev–Trinajstić information content (AvgIpc) is 3.40. The Labute approximate surface area is 231 Å². The van der Waals surface area contributed by atoms with Crippen LogP contribution in [0.5, 0.6) is 5.75 Å². The number of nitrogens with zero attached hydrogens (tertiary/aromatic N) is 5. The van der Waals surface area contributed by atoms with E-state index in [1.165, 1.54) is 43.5 Å². The number of carbonyl (C=O) groups is 1. The van der Waals surface area contributed by atoms with Crippen LogP contribution in [-0.4, -0.2) is 85.1 Å². The smallest absolute Gasteiger partial charge is 0.260 e. The van der Waals surface area contributed by atoms with Crippen LogP contribution < -0.4 is 26.0 Å². The van der Waals surface area contributed by atoms with Gasteiger partial charge in [0.05, 0.1) is 24.7 Å². The van der Waals surface area contributed by atoms with Crippen molar-refractivity contribution in [2.45, 2.75) is 18.9 Å². The Morgan fingerprint density at radius 1 is 1.11 bits per heavy atom. The summed E-state index contributed by atoms with van der Waals surface area (Å²) in [5, 5.41) is 8.40. The van der Waals surface area contributed by atoms with Crippen molar-refractivity contribution in [3.63, 3.8) is 0 Å². The predicted molar refractivity (Wildman–Crippen MR) is 154 cm³/mol. The van der Waals surface area contributed by atoms with Crippen molar-refractivity contribution in [3.05, 3.63) is 45.7 Å². The van der Waals surface area contributed by atoms with Crippen molar-refractivity contribution in [3.8, 4) is 5.75 Å². The molecule has 4 heterocycles. The number of rotatable bonds is 8. The highest BCUT2D eigenvalue weighted by atomic mass is 35.5. The number of benzene rings is 1. The van der Waals surface area contributed by atoms with E-state index in [2.05, 4.69) is 54.5 Å². The largest absolute Gasteiger partial charge is 0.494 e. The Bertz CT molecular complexity index is 1270. The summed E-state index contributed by atoms with van der Waals surface area (Å²) in [6, 6.07) is 8.56. The van der Waals surface area contributed by atoms with E-state index in [1.807, 2.05) is 6.07 Å². The Kier molecular flexibility index (Phi) is 8.18. The zero-order valence-corrected chi connectivity index (χ0v) is 23.2. The standard InChI is InChI=1S/C26H33ClN8O2S/c1-33-10-12-35(13-11-33)17-5-8-34(9-6-17)18-3-4-20(22(15-18)37-2)31-26-29-16-19(27)25(32-26)30-21-7-14-38-23(21)24(28)36/h3-4,7,14-17H,5-6,8-13H2,1-2H3,(H2,28,36)(H2,29,30,31,32). The van der Waals surface area contributed by atoms with Crippen molar-refractivity contribution in [1.82, 2.24) is 19.8 Å². The average molecular weight is 557 g/mol. The lowest BCUT2D eigenvalue weighted by Crippen LogP contribution is -2.52. The summed E-state index contributed by atoms with van der Waals surface area (Å²) < 4.78 is 5.71. The molecule has 38 heavy (non-hydrogen) atoms. The normalized spacial score (nSPS) is 17.4. The molecular formula is C26H33ClN8O2S. The highest BCUT2D eigenvalue weighted by Gasteiger charge is 2.27. The number of piperazine rings is 1. The first-order valence-electron chi connectivity index (χ1n) is 12.7. The van der Waals surface area contributed by atoms with Crippen LogP contribution in [0, 0.1) is 0 Å². The minimum absolute atomic E-state index is 0.319. The van der Waals surface area contributed by atoms with Gasteiger partial charge in [0.15, 0.2) is 5.82 Å². The van der Waals surface area contributed by atoms with Gasteiger partial charge < -0.3 is 30.9 Å². The number of nitrogens with two attached hydrogens (primary N) is 1. The maximum absolute atomic E-state index is 11.7. The van der Waals surface area contributed by atoms with E-state index in [-0.39, 0.29) is 0 Å². The van der Waals surface area contributed by atoms with E-state index in [0.717, 1.165) is 37.6 Å². The number of ether oxygens (including phenoxy) is 1. The molecule has 0 radical (unpaired) electrons. The second-order valence-corrected chi connectivity index (χ2v) is 10.9. The molecule has 2 aliphatic rings. The molecule has 0 atom stereocenters. The number of hydrogen-bond acceptors (Lipinski definition) is 10. The van der Waals surface area contributed by atoms with Gasteiger partial charge in [0.1, 0.15) is 15.6 Å². The zero-order valence-electron chi connectivity index (χ0n) is 21.6. The number of amides is 1. The molecule has 0 saturated carbocycles. The number of hydrogen-bond donors (Lipinski definition) is 3. The van der Waals surface area contributed by atoms with Crippen LogP contribution in [0.2, 0.25) is 5.02 Å². The fourth-order valence-corrected chi connectivity index (χ4v) is 5.86. The van der Waals surface area contributed by atoms with Crippen LogP contribution >= 0.6 is 22.9 Å². The predicted octanol–water partition coefficient (Wildman–Crippen LogP) is 4.00. The molecular weight excluding hydrogens is 524 g/mol. The van der Waals surface area contributed by atoms with E-state index in [1.54, 1.807) is 18.6 Å². The topological polar surface area (TPSA) is 112 Å². The van der Waals surface area contributed by atoms with Gasteiger partial charge in [-0.3, -0.25) is 9.69 Å². The maximum Gasteiger partial charge on any atom is 0.260 e. The first kappa shape index (κ1) is 26.5. The van der Waals surface area contributed by atoms with Gasteiger partial charge in [0, 0.05) is 57.1 Å². The number of anilines is 5. The molecule has 0 unspecified atom stereocenters. The molecule has 1 aromatic carbocycles. The summed E-state index contributed by atoms with van der Waals surface area (Å²) in [6.07, 6.45) is 3.84. The number of likely N-dealkylation sites (N-methyl/N-ethyl adjacent to an activating group) is 1. The fraction of sp³-hybridized carbons (Fsp3) is 0.423. The highest BCUT2D eigenvalue weighted by molar-refractivity contribution is 7.12. The SMILES string of the molecule is COc1cc(N2CCC(N3CCN(C)CC3)CC2)ccc1Nc1ncc(Cl)c(Nc2ccsc2C(N)=O)n1. The number of nitrogens with one attached hydrogen (secondary N) is 2. The molecule has 10 nitrogen and oxygen atoms in total. The van der Waals surface area contributed by atoms with Crippen LogP contribution in [0.4, 0.5) is 28.8 Å². The van der Waals surface area contributed by atoms with Crippen molar-refractivity contribution < 1.29 is 9.53 Å². The lowest BCUT2D eigenvalue weighted by atomic mass is 10.0. The van der Waals surface area contributed by atoms with E-state index >= 15 is 0 Å². The lowest BCUT2D eigenvalue weighted by Gasteiger charge is -2.42. The highest BCUT2D eigenvalue weighted by Crippen LogP contribution is 2.34. The molecule has 5 rings (SSSR count). The van der Waals surface area contributed by atoms with Gasteiger partial charge in [-0.05, 0) is 43.5 Å². The Balaban J connectivity index is 1.25. The number of carbonyl (C=O) groups excluding carboxylic acids is 1. The number of thiophene rings is 1. The Hall–Kier alpha value is -3.12. The van der Waals surface area contributed by atoms with Crippen molar-refractivity contribution in [1.29, 1.82) is 0 Å². The first-order chi connectivity index (χ1) is 18.4. The summed E-state index contributed by atoms with van der Waals surface area (Å²) in [6.45, 7) is 6.69. The number of primary amides is 1. The Morgan fingerprint density at radius 3 is 2.58 bits per heavy atom. The van der Waals surface area contributed by atoms with Crippen LogP contribution in [-0.2, 0) is 0 Å². The number of methoxy groups -OCH3 is 1. The van der Waals surface area contributed by atoms with Gasteiger partial charge in [0.25, 0.3) is 5.91 Å². The zero-order chi connectivity index (χ0) is 26.6. The van der Waals surface area contributed by atoms with Gasteiger partial charge in [-0.2, -0.15) is 4.98 Å². The van der Waals surface area contributed by atoms with Crippen LogP contribution in [0.15, 0.2) is 35.8 Å². The van der Waals surface area contributed by atoms with Gasteiger partial charge in [0.2, 0.25) is 5.95 Å². The van der Waals surface area contributed by atoms with Gasteiger partial charge >= 0.3 is 0 Å². The molecule has 0 spiro atoms. The van der Waals surface area contributed by atoms with Crippen molar-refractivity contribution in [2.24, 2.45) is 5.73 Å². The van der Waals surface area contributed by atoms with Crippen LogP contribution in [0.3, 0.4) is 0 Å². The van der Waals surface area contributed by atoms with Crippen LogP contribution in [0.1, 0.15) is 22.5 Å². The van der Waals surface area contributed by atoms with Crippen LogP contribution in [0.25, 0.3) is 0 Å². The molecule has 2 saturated heterocycles. The number of piperidine rings is 1. The third kappa shape index (κ3) is 5.96. The van der Waals surface area contributed by atoms with E-state index < -0.39 is 5.91 Å². The van der Waals surface area contributed by atoms with Gasteiger partial charge in [-0.15, -0.1) is 11.3 Å². The summed E-state index contributed by atoms with van der Waals surface area (Å²) in [4.78, 5) is 28.4. The molecule has 12 heteroatoms. The minimum atomic E-state index is -0.514. The molecule has 0 bridgehead atoms. The maximum atomic E-state index is 11.7. The van der Waals surface area contributed by atoms with Crippen molar-refractivity contribution in [2.75, 3.05) is 69.0 Å². The number of halogens is 1. The lowest BCUT2D eigenvalue weighted by molar-refractivity contribution is 0.0982. The van der Waals surface area contributed by atoms with E-state index in [4.69, 9.17) is 22.1 Å². The second-order valence-electron chi connectivity index (χ2n) is 9.61. The summed E-state index contributed by atoms with van der Waals surface area (Å²) in [7, 11) is 3.86. The molecule has 2 aromatic heterocycles. The molecule has 1 amide bonds. The molecule has 4 N–H and O–H groups in total. The summed E-state index contributed by atoms with van der Waals surface area (Å²) in [5.41, 5.74) is 7.89. The first-order valence-corrected chi connectivity index (χ1v) is 14.0. The van der Waals surface area contributed by atoms with Gasteiger partial charge in [-0.1, -0.05) is 11.6 Å². The monoisotopic (exact) mass is 556 g/mol. The number of aromatic nitrogens is 2.